The molecule has 1 aliphatic rings. The summed E-state index contributed by atoms with van der Waals surface area (Å²) in [5, 5.41) is 0. The molecule has 1 fully saturated rings. The van der Waals surface area contributed by atoms with E-state index in [1.807, 2.05) is 0 Å². The molecule has 0 N–H and O–H groups in total. The molecule has 0 aromatic rings. The molecule has 3 nitrogen and oxygen atoms in total. The molecule has 4 heteroatoms. The summed E-state index contributed by atoms with van der Waals surface area (Å²) in [6, 6.07) is 0. The highest BCUT2D eigenvalue weighted by Crippen LogP contribution is 2.36. The average molecular weight is 289 g/mol. The van der Waals surface area contributed by atoms with Crippen LogP contribution < -0.4 is 0 Å². The zero-order valence-electron chi connectivity index (χ0n) is 13.1. The van der Waals surface area contributed by atoms with Gasteiger partial charge in [-0.25, -0.2) is 0 Å². The molecule has 0 aromatic heterocycles. The van der Waals surface area contributed by atoms with E-state index in [4.69, 9.17) is 13.3 Å². The molecular formula is C15H32O3Si. The van der Waals surface area contributed by atoms with Crippen LogP contribution in [0.2, 0.25) is 5.54 Å². The lowest BCUT2D eigenvalue weighted by Crippen LogP contribution is -2.50. The van der Waals surface area contributed by atoms with E-state index in [0.29, 0.717) is 25.4 Å². The van der Waals surface area contributed by atoms with Crippen LogP contribution in [0.4, 0.5) is 0 Å². The van der Waals surface area contributed by atoms with Crippen molar-refractivity contribution in [2.75, 3.05) is 19.8 Å². The fraction of sp³-hybridized carbons (Fsp3) is 1.00. The smallest absolute Gasteiger partial charge is 0.374 e. The summed E-state index contributed by atoms with van der Waals surface area (Å²) in [6.45, 7) is 8.24. The SMILES string of the molecule is CCO[Si](OCC)(OCC)C1CCCCCCCC1. The van der Waals surface area contributed by atoms with Gasteiger partial charge < -0.3 is 13.3 Å². The molecule has 0 unspecified atom stereocenters. The fourth-order valence-electron chi connectivity index (χ4n) is 3.07. The third kappa shape index (κ3) is 5.54. The van der Waals surface area contributed by atoms with Crippen LogP contribution in [0.25, 0.3) is 0 Å². The van der Waals surface area contributed by atoms with Gasteiger partial charge in [-0.1, -0.05) is 38.5 Å². The van der Waals surface area contributed by atoms with Crippen LogP contribution in [0.1, 0.15) is 72.1 Å². The Kier molecular flexibility index (Phi) is 8.95. The predicted octanol–water partition coefficient (Wildman–Crippen LogP) is 4.54. The Morgan fingerprint density at radius 2 is 1.05 bits per heavy atom. The monoisotopic (exact) mass is 288 g/mol. The van der Waals surface area contributed by atoms with Gasteiger partial charge >= 0.3 is 8.80 Å². The lowest BCUT2D eigenvalue weighted by molar-refractivity contribution is 0.0582. The second kappa shape index (κ2) is 9.92. The van der Waals surface area contributed by atoms with Crippen molar-refractivity contribution in [1.29, 1.82) is 0 Å². The summed E-state index contributed by atoms with van der Waals surface area (Å²) in [7, 11) is -2.47. The zero-order chi connectivity index (χ0) is 14.0. The quantitative estimate of drug-likeness (QED) is 0.644. The van der Waals surface area contributed by atoms with Gasteiger partial charge in [0.05, 0.1) is 0 Å². The molecule has 0 amide bonds. The summed E-state index contributed by atoms with van der Waals surface area (Å²) in [4.78, 5) is 0. The van der Waals surface area contributed by atoms with E-state index in [1.165, 1.54) is 51.4 Å². The Labute approximate surface area is 120 Å². The number of hydrogen-bond donors (Lipinski definition) is 0. The molecule has 0 atom stereocenters. The maximum Gasteiger partial charge on any atom is 0.504 e. The Morgan fingerprint density at radius 3 is 1.42 bits per heavy atom. The Balaban J connectivity index is 2.77. The molecule has 0 aliphatic heterocycles. The summed E-state index contributed by atoms with van der Waals surface area (Å²) < 4.78 is 18.2. The molecule has 1 aliphatic carbocycles. The first-order valence-electron chi connectivity index (χ1n) is 8.20. The van der Waals surface area contributed by atoms with Crippen molar-refractivity contribution in [1.82, 2.24) is 0 Å². The highest BCUT2D eigenvalue weighted by molar-refractivity contribution is 6.62. The summed E-state index contributed by atoms with van der Waals surface area (Å²) >= 11 is 0. The van der Waals surface area contributed by atoms with Gasteiger partial charge in [0.2, 0.25) is 0 Å². The van der Waals surface area contributed by atoms with Gasteiger partial charge in [-0.15, -0.1) is 0 Å². The van der Waals surface area contributed by atoms with E-state index in [1.54, 1.807) is 0 Å². The second-order valence-electron chi connectivity index (χ2n) is 5.30. The third-order valence-electron chi connectivity index (χ3n) is 3.89. The van der Waals surface area contributed by atoms with Gasteiger partial charge in [0.15, 0.2) is 0 Å². The molecule has 1 rings (SSSR count). The second-order valence-corrected chi connectivity index (χ2v) is 8.19. The van der Waals surface area contributed by atoms with E-state index >= 15 is 0 Å². The van der Waals surface area contributed by atoms with Gasteiger partial charge in [-0.2, -0.15) is 0 Å². The lowest BCUT2D eigenvalue weighted by atomic mass is 10.1. The molecular weight excluding hydrogens is 256 g/mol. The fourth-order valence-corrected chi connectivity index (χ4v) is 6.35. The van der Waals surface area contributed by atoms with Crippen LogP contribution in [-0.4, -0.2) is 28.6 Å². The van der Waals surface area contributed by atoms with Gasteiger partial charge in [0.1, 0.15) is 0 Å². The highest BCUT2D eigenvalue weighted by Gasteiger charge is 2.48. The van der Waals surface area contributed by atoms with Crippen LogP contribution in [-0.2, 0) is 13.3 Å². The average Bonchev–Trinajstić information content (AvgIpc) is 2.53. The minimum absolute atomic E-state index is 0.505. The Bertz CT molecular complexity index is 196. The van der Waals surface area contributed by atoms with Crippen LogP contribution in [0.3, 0.4) is 0 Å². The van der Waals surface area contributed by atoms with E-state index in [0.717, 1.165) is 0 Å². The molecule has 0 aromatic carbocycles. The first-order chi connectivity index (χ1) is 9.29. The van der Waals surface area contributed by atoms with Crippen molar-refractivity contribution in [2.24, 2.45) is 0 Å². The highest BCUT2D eigenvalue weighted by atomic mass is 28.4. The molecule has 0 radical (unpaired) electrons. The molecule has 114 valence electrons. The van der Waals surface area contributed by atoms with Crippen molar-refractivity contribution in [3.63, 3.8) is 0 Å². The third-order valence-corrected chi connectivity index (χ3v) is 7.54. The van der Waals surface area contributed by atoms with Gasteiger partial charge in [0, 0.05) is 25.4 Å². The zero-order valence-corrected chi connectivity index (χ0v) is 14.1. The molecule has 0 bridgehead atoms. The van der Waals surface area contributed by atoms with Crippen molar-refractivity contribution < 1.29 is 13.3 Å². The van der Waals surface area contributed by atoms with Crippen molar-refractivity contribution in [3.05, 3.63) is 0 Å². The van der Waals surface area contributed by atoms with Gasteiger partial charge in [0.25, 0.3) is 0 Å². The summed E-state index contributed by atoms with van der Waals surface area (Å²) in [6.07, 6.45) is 10.5. The molecule has 1 saturated carbocycles. The maximum absolute atomic E-state index is 6.08. The van der Waals surface area contributed by atoms with Crippen molar-refractivity contribution >= 4 is 8.80 Å². The van der Waals surface area contributed by atoms with Gasteiger partial charge in [-0.3, -0.25) is 0 Å². The van der Waals surface area contributed by atoms with Crippen LogP contribution in [0.5, 0.6) is 0 Å². The predicted molar refractivity (Wildman–Crippen MR) is 81.3 cm³/mol. The lowest BCUT2D eigenvalue weighted by Gasteiger charge is -2.35. The minimum atomic E-state index is -2.47. The van der Waals surface area contributed by atoms with Crippen LogP contribution >= 0.6 is 0 Å². The normalized spacial score (nSPS) is 19.7. The van der Waals surface area contributed by atoms with Crippen LogP contribution in [0, 0.1) is 0 Å². The Morgan fingerprint density at radius 1 is 0.684 bits per heavy atom. The molecule has 0 saturated heterocycles. The summed E-state index contributed by atoms with van der Waals surface area (Å²) in [5.41, 5.74) is 0.505. The topological polar surface area (TPSA) is 27.7 Å². The maximum atomic E-state index is 6.08. The largest absolute Gasteiger partial charge is 0.504 e. The first-order valence-corrected chi connectivity index (χ1v) is 10.0. The van der Waals surface area contributed by atoms with Gasteiger partial charge in [-0.05, 0) is 33.6 Å². The van der Waals surface area contributed by atoms with Crippen molar-refractivity contribution in [3.8, 4) is 0 Å². The minimum Gasteiger partial charge on any atom is -0.374 e. The first kappa shape index (κ1) is 17.1. The number of rotatable bonds is 7. The molecule has 0 heterocycles. The van der Waals surface area contributed by atoms with E-state index in [-0.39, 0.29) is 0 Å². The van der Waals surface area contributed by atoms with E-state index in [9.17, 15) is 0 Å². The standard InChI is InChI=1S/C15H32O3Si/c1-4-16-19(17-5-2,18-6-3)15-13-11-9-7-8-10-12-14-15/h15H,4-14H2,1-3H3. The summed E-state index contributed by atoms with van der Waals surface area (Å²) in [5.74, 6) is 0. The Hall–Kier alpha value is 0.0969. The number of hydrogen-bond acceptors (Lipinski definition) is 3. The van der Waals surface area contributed by atoms with E-state index < -0.39 is 8.80 Å². The van der Waals surface area contributed by atoms with E-state index in [2.05, 4.69) is 20.8 Å². The molecule has 19 heavy (non-hydrogen) atoms. The van der Waals surface area contributed by atoms with Crippen molar-refractivity contribution in [2.45, 2.75) is 77.7 Å². The van der Waals surface area contributed by atoms with Crippen LogP contribution in [0.15, 0.2) is 0 Å². The molecule has 0 spiro atoms.